The van der Waals surface area contributed by atoms with Crippen molar-refractivity contribution in [2.45, 2.75) is 26.3 Å². The first kappa shape index (κ1) is 14.5. The molecule has 0 aliphatic heterocycles. The highest BCUT2D eigenvalue weighted by Crippen LogP contribution is 2.33. The molecule has 3 rings (SSSR count). The van der Waals surface area contributed by atoms with Crippen molar-refractivity contribution in [3.63, 3.8) is 0 Å². The molecule has 106 valence electrons. The van der Waals surface area contributed by atoms with E-state index in [4.69, 9.17) is 10.2 Å². The molecule has 0 radical (unpaired) electrons. The highest BCUT2D eigenvalue weighted by Gasteiger charge is 2.23. The topological polar surface area (TPSA) is 41.6 Å². The van der Waals surface area contributed by atoms with E-state index >= 15 is 0 Å². The van der Waals surface area contributed by atoms with Crippen molar-refractivity contribution in [1.29, 1.82) is 5.26 Å². The number of halogens is 1. The van der Waals surface area contributed by atoms with Gasteiger partial charge < -0.3 is 4.57 Å². The molecule has 21 heavy (non-hydrogen) atoms. The first-order valence-corrected chi connectivity index (χ1v) is 8.53. The Morgan fingerprint density at radius 2 is 2.05 bits per heavy atom. The second kappa shape index (κ2) is 5.11. The second-order valence-electron chi connectivity index (χ2n) is 5.90. The highest BCUT2D eigenvalue weighted by molar-refractivity contribution is 14.1. The van der Waals surface area contributed by atoms with E-state index in [1.807, 2.05) is 18.2 Å². The minimum absolute atomic E-state index is 0.0778. The molecule has 0 amide bonds. The van der Waals surface area contributed by atoms with Gasteiger partial charge in [0.2, 0.25) is 0 Å². The molecule has 0 aliphatic rings. The van der Waals surface area contributed by atoms with Crippen LogP contribution in [0.1, 0.15) is 26.3 Å². The zero-order valence-electron chi connectivity index (χ0n) is 12.0. The quantitative estimate of drug-likeness (QED) is 0.533. The molecule has 0 aliphatic carbocycles. The number of thiophene rings is 1. The molecule has 0 saturated carbocycles. The third-order valence-corrected chi connectivity index (χ3v) is 5.07. The lowest BCUT2D eigenvalue weighted by Crippen LogP contribution is -2.22. The normalized spacial score (nSPS) is 11.8. The minimum Gasteiger partial charge on any atom is -0.319 e. The molecular formula is C16H14IN3S. The Hall–Kier alpha value is -1.39. The Balaban J connectivity index is 2.35. The molecule has 1 aromatic carbocycles. The Bertz CT molecular complexity index is 862. The Morgan fingerprint density at radius 3 is 2.62 bits per heavy atom. The zero-order chi connectivity index (χ0) is 15.2. The van der Waals surface area contributed by atoms with Gasteiger partial charge in [-0.05, 0) is 67.6 Å². The molecule has 0 bridgehead atoms. The predicted octanol–water partition coefficient (Wildman–Crippen LogP) is 5.00. The molecule has 0 N–H and O–H groups in total. The molecule has 0 atom stereocenters. The van der Waals surface area contributed by atoms with Crippen LogP contribution >= 0.6 is 33.9 Å². The van der Waals surface area contributed by atoms with Crippen molar-refractivity contribution in [3.8, 4) is 17.5 Å². The van der Waals surface area contributed by atoms with Gasteiger partial charge in [0.25, 0.3) is 0 Å². The molecule has 0 saturated heterocycles. The van der Waals surface area contributed by atoms with E-state index in [1.54, 1.807) is 11.3 Å². The number of nitrogens with zero attached hydrogens (tertiary/aromatic N) is 3. The monoisotopic (exact) mass is 407 g/mol. The molecule has 0 fully saturated rings. The lowest BCUT2D eigenvalue weighted by Gasteiger charge is -2.24. The Morgan fingerprint density at radius 1 is 1.29 bits per heavy atom. The van der Waals surface area contributed by atoms with Gasteiger partial charge in [0.05, 0.1) is 25.5 Å². The zero-order valence-corrected chi connectivity index (χ0v) is 15.0. The third-order valence-electron chi connectivity index (χ3n) is 3.28. The first-order valence-electron chi connectivity index (χ1n) is 6.57. The maximum absolute atomic E-state index is 9.07. The van der Waals surface area contributed by atoms with Crippen molar-refractivity contribution in [3.05, 3.63) is 38.1 Å². The Labute approximate surface area is 141 Å². The van der Waals surface area contributed by atoms with Crippen molar-refractivity contribution in [2.24, 2.45) is 0 Å². The number of hydrogen-bond donors (Lipinski definition) is 0. The van der Waals surface area contributed by atoms with Crippen LogP contribution in [0.2, 0.25) is 0 Å². The molecule has 2 aromatic heterocycles. The van der Waals surface area contributed by atoms with Crippen LogP contribution in [0, 0.1) is 14.2 Å². The van der Waals surface area contributed by atoms with Crippen LogP contribution < -0.4 is 0 Å². The minimum atomic E-state index is -0.0778. The molecule has 5 heteroatoms. The van der Waals surface area contributed by atoms with Crippen molar-refractivity contribution in [1.82, 2.24) is 9.55 Å². The van der Waals surface area contributed by atoms with Gasteiger partial charge in [-0.1, -0.05) is 0 Å². The summed E-state index contributed by atoms with van der Waals surface area (Å²) in [6, 6.07) is 10.0. The maximum atomic E-state index is 9.07. The fraction of sp³-hybridized carbons (Fsp3) is 0.250. The number of imidazole rings is 1. The van der Waals surface area contributed by atoms with Crippen molar-refractivity contribution < 1.29 is 0 Å². The summed E-state index contributed by atoms with van der Waals surface area (Å²) in [5, 5.41) is 11.2. The lowest BCUT2D eigenvalue weighted by atomic mass is 10.1. The standard InChI is InChI=1S/C16H14IN3S/c1-16(2,3)20-13-5-4-10(8-18)6-12(13)19-15(20)11-7-14(17)21-9-11/h4-7,9H,1-3H3. The van der Waals surface area contributed by atoms with Crippen molar-refractivity contribution >= 4 is 45.0 Å². The van der Waals surface area contributed by atoms with E-state index in [9.17, 15) is 0 Å². The van der Waals surface area contributed by atoms with Gasteiger partial charge in [-0.3, -0.25) is 0 Å². The van der Waals surface area contributed by atoms with Crippen LogP contribution in [0.5, 0.6) is 0 Å². The molecule has 0 unspecified atom stereocenters. The molecule has 2 heterocycles. The van der Waals surface area contributed by atoms with Gasteiger partial charge in [-0.15, -0.1) is 11.3 Å². The smallest absolute Gasteiger partial charge is 0.142 e. The maximum Gasteiger partial charge on any atom is 0.142 e. The van der Waals surface area contributed by atoms with Gasteiger partial charge >= 0.3 is 0 Å². The van der Waals surface area contributed by atoms with Gasteiger partial charge in [0.1, 0.15) is 5.82 Å². The lowest BCUT2D eigenvalue weighted by molar-refractivity contribution is 0.413. The number of hydrogen-bond acceptors (Lipinski definition) is 3. The third kappa shape index (κ3) is 2.58. The highest BCUT2D eigenvalue weighted by atomic mass is 127. The number of aromatic nitrogens is 2. The number of benzene rings is 1. The van der Waals surface area contributed by atoms with Crippen molar-refractivity contribution in [2.75, 3.05) is 0 Å². The van der Waals surface area contributed by atoms with E-state index in [0.29, 0.717) is 5.56 Å². The number of nitriles is 1. The summed E-state index contributed by atoms with van der Waals surface area (Å²) in [5.41, 5.74) is 3.64. The van der Waals surface area contributed by atoms with Crippen LogP contribution in [0.25, 0.3) is 22.4 Å². The van der Waals surface area contributed by atoms with E-state index in [0.717, 1.165) is 22.4 Å². The van der Waals surface area contributed by atoms with E-state index < -0.39 is 0 Å². The number of fused-ring (bicyclic) bond motifs is 1. The summed E-state index contributed by atoms with van der Waals surface area (Å²) < 4.78 is 3.49. The average Bonchev–Trinajstić information content (AvgIpc) is 3.00. The first-order chi connectivity index (χ1) is 9.90. The summed E-state index contributed by atoms with van der Waals surface area (Å²) in [6.45, 7) is 6.52. The SMILES string of the molecule is CC(C)(C)n1c(-c2csc(I)c2)nc2cc(C#N)ccc21. The van der Waals surface area contributed by atoms with Gasteiger partial charge in [-0.25, -0.2) is 4.98 Å². The fourth-order valence-electron chi connectivity index (χ4n) is 2.45. The summed E-state index contributed by atoms with van der Waals surface area (Å²) >= 11 is 4.05. The van der Waals surface area contributed by atoms with Gasteiger partial charge in [0, 0.05) is 16.5 Å². The van der Waals surface area contributed by atoms with Crippen LogP contribution in [-0.4, -0.2) is 9.55 Å². The number of rotatable bonds is 1. The van der Waals surface area contributed by atoms with Crippen LogP contribution in [-0.2, 0) is 5.54 Å². The summed E-state index contributed by atoms with van der Waals surface area (Å²) in [7, 11) is 0. The van der Waals surface area contributed by atoms with Gasteiger partial charge in [0.15, 0.2) is 0 Å². The summed E-state index contributed by atoms with van der Waals surface area (Å²) in [6.07, 6.45) is 0. The second-order valence-corrected chi connectivity index (χ2v) is 8.70. The van der Waals surface area contributed by atoms with E-state index in [1.165, 1.54) is 2.88 Å². The van der Waals surface area contributed by atoms with E-state index in [2.05, 4.69) is 65.4 Å². The predicted molar refractivity (Wildman–Crippen MR) is 95.5 cm³/mol. The Kier molecular flexibility index (Phi) is 3.54. The van der Waals surface area contributed by atoms with Gasteiger partial charge in [-0.2, -0.15) is 5.26 Å². The molecule has 3 aromatic rings. The molecule has 0 spiro atoms. The summed E-state index contributed by atoms with van der Waals surface area (Å²) in [4.78, 5) is 4.79. The average molecular weight is 407 g/mol. The van der Waals surface area contributed by atoms with Crippen LogP contribution in [0.15, 0.2) is 29.6 Å². The largest absolute Gasteiger partial charge is 0.319 e. The van der Waals surface area contributed by atoms with Crippen LogP contribution in [0.3, 0.4) is 0 Å². The molecular weight excluding hydrogens is 393 g/mol. The summed E-state index contributed by atoms with van der Waals surface area (Å²) in [5.74, 6) is 0.965. The molecule has 3 nitrogen and oxygen atoms in total. The fourth-order valence-corrected chi connectivity index (χ4v) is 3.77. The van der Waals surface area contributed by atoms with Crippen LogP contribution in [0.4, 0.5) is 0 Å². The van der Waals surface area contributed by atoms with E-state index in [-0.39, 0.29) is 5.54 Å².